The molecule has 0 aliphatic carbocycles. The average Bonchev–Trinajstić information content (AvgIpc) is 3.19. The van der Waals surface area contributed by atoms with Crippen molar-refractivity contribution in [3.05, 3.63) is 34.2 Å². The highest BCUT2D eigenvalue weighted by atomic mass is 35.5. The number of hydrogen-bond acceptors (Lipinski definition) is 10. The Morgan fingerprint density at radius 2 is 1.29 bits per heavy atom. The fraction of sp³-hybridized carbons (Fsp3) is 0.667. The molecule has 1 aromatic heterocycles. The summed E-state index contributed by atoms with van der Waals surface area (Å²) in [6.07, 6.45) is 1.19. The largest absolute Gasteiger partial charge is 0.379 e. The van der Waals surface area contributed by atoms with Gasteiger partial charge in [0.05, 0.1) is 90.3 Å². The molecule has 1 aromatic carbocycles. The van der Waals surface area contributed by atoms with Gasteiger partial charge in [0.25, 0.3) is 0 Å². The van der Waals surface area contributed by atoms with E-state index in [-0.39, 0.29) is 30.4 Å². The van der Waals surface area contributed by atoms with Crippen molar-refractivity contribution in [2.75, 3.05) is 85.8 Å². The molecule has 2 heterocycles. The van der Waals surface area contributed by atoms with Crippen LogP contribution >= 0.6 is 12.4 Å². The van der Waals surface area contributed by atoms with Crippen molar-refractivity contribution in [1.82, 2.24) is 14.5 Å². The number of nitrogens with zero attached hydrogens (tertiary/aromatic N) is 2. The third-order valence-corrected chi connectivity index (χ3v) is 6.33. The number of benzene rings is 1. The third kappa shape index (κ3) is 11.4. The van der Waals surface area contributed by atoms with E-state index in [1.54, 1.807) is 7.05 Å². The summed E-state index contributed by atoms with van der Waals surface area (Å²) in [5, 5.41) is 2.32. The molecule has 0 radical (unpaired) electrons. The first kappa shape index (κ1) is 34.8. The Morgan fingerprint density at radius 1 is 0.780 bits per heavy atom. The van der Waals surface area contributed by atoms with Crippen LogP contribution in [0.15, 0.2) is 23.0 Å². The van der Waals surface area contributed by atoms with E-state index in [1.165, 1.54) is 9.13 Å². The molecule has 1 atom stereocenters. The highest BCUT2D eigenvalue weighted by Crippen LogP contribution is 2.23. The number of piperidine rings is 1. The molecule has 0 saturated carbocycles. The molecule has 1 aliphatic rings. The lowest BCUT2D eigenvalue weighted by atomic mass is 10.1. The molecule has 41 heavy (non-hydrogen) atoms. The molecular formula is C27H43ClN4O9. The summed E-state index contributed by atoms with van der Waals surface area (Å²) in [7, 11) is 1.68. The van der Waals surface area contributed by atoms with Gasteiger partial charge < -0.3 is 34.2 Å². The Kier molecular flexibility index (Phi) is 16.7. The summed E-state index contributed by atoms with van der Waals surface area (Å²) in [6.45, 7) is 6.54. The second-order valence-electron chi connectivity index (χ2n) is 9.21. The fourth-order valence-corrected chi connectivity index (χ4v) is 4.27. The van der Waals surface area contributed by atoms with Crippen LogP contribution in [0.3, 0.4) is 0 Å². The van der Waals surface area contributed by atoms with Crippen LogP contribution in [-0.2, 0) is 51.5 Å². The van der Waals surface area contributed by atoms with Gasteiger partial charge in [-0.3, -0.25) is 24.0 Å². The normalized spacial score (nSPS) is 15.3. The number of imidazole rings is 1. The second-order valence-corrected chi connectivity index (χ2v) is 9.21. The monoisotopic (exact) mass is 602 g/mol. The molecule has 2 aromatic rings. The number of hydrogen-bond donors (Lipinski definition) is 2. The van der Waals surface area contributed by atoms with Crippen molar-refractivity contribution in [3.8, 4) is 0 Å². The van der Waals surface area contributed by atoms with Gasteiger partial charge in [-0.2, -0.15) is 0 Å². The number of nitrogens with one attached hydrogen (secondary N) is 1. The van der Waals surface area contributed by atoms with Crippen molar-refractivity contribution >= 4 is 35.3 Å². The lowest BCUT2D eigenvalue weighted by molar-refractivity contribution is -0.135. The van der Waals surface area contributed by atoms with Crippen LogP contribution in [-0.4, -0.2) is 107 Å². The second kappa shape index (κ2) is 19.7. The highest BCUT2D eigenvalue weighted by molar-refractivity contribution is 6.00. The maximum Gasteiger partial charge on any atom is 0.329 e. The highest BCUT2D eigenvalue weighted by Gasteiger charge is 2.31. The molecule has 2 amide bonds. The minimum absolute atomic E-state index is 0. The minimum Gasteiger partial charge on any atom is -0.379 e. The summed E-state index contributed by atoms with van der Waals surface area (Å²) >= 11 is 0. The number of carbonyl (C=O) groups excluding carboxylic acids is 2. The molecular weight excluding hydrogens is 560 g/mol. The maximum absolute atomic E-state index is 12.9. The van der Waals surface area contributed by atoms with Crippen molar-refractivity contribution in [3.63, 3.8) is 0 Å². The first-order chi connectivity index (χ1) is 19.5. The topological polar surface area (TPSA) is 155 Å². The number of imide groups is 1. The van der Waals surface area contributed by atoms with Crippen LogP contribution in [0.1, 0.15) is 24.4 Å². The van der Waals surface area contributed by atoms with Gasteiger partial charge in [0, 0.05) is 20.0 Å². The van der Waals surface area contributed by atoms with E-state index in [4.69, 9.17) is 34.2 Å². The first-order valence-corrected chi connectivity index (χ1v) is 13.7. The van der Waals surface area contributed by atoms with Crippen LogP contribution in [0.4, 0.5) is 0 Å². The summed E-state index contributed by atoms with van der Waals surface area (Å²) in [5.74, 6) is -0.749. The number of amides is 2. The minimum atomic E-state index is -0.690. The lowest BCUT2D eigenvalue weighted by Gasteiger charge is -2.21. The number of aromatic nitrogens is 2. The van der Waals surface area contributed by atoms with Gasteiger partial charge in [-0.15, -0.1) is 12.4 Å². The first-order valence-electron chi connectivity index (χ1n) is 13.7. The average molecular weight is 603 g/mol. The van der Waals surface area contributed by atoms with Crippen LogP contribution in [0.2, 0.25) is 0 Å². The zero-order valence-corrected chi connectivity index (χ0v) is 24.5. The number of carbonyl (C=O) groups is 2. The van der Waals surface area contributed by atoms with Crippen molar-refractivity contribution in [1.29, 1.82) is 0 Å². The Labute approximate surface area is 245 Å². The van der Waals surface area contributed by atoms with Crippen LogP contribution in [0.25, 0.3) is 11.0 Å². The summed E-state index contributed by atoms with van der Waals surface area (Å²) in [6, 6.07) is 5.02. The number of aryl methyl sites for hydroxylation is 1. The SMILES string of the molecule is Cl.Cn1c(=O)n(C2CCC(=O)NC2=O)c2ccc(CCOCCOCCOCCOCCOCCOCCN)cc21. The van der Waals surface area contributed by atoms with Crippen molar-refractivity contribution in [2.24, 2.45) is 12.8 Å². The molecule has 1 aliphatic heterocycles. The molecule has 1 unspecified atom stereocenters. The predicted octanol–water partition coefficient (Wildman–Crippen LogP) is 0.340. The molecule has 1 saturated heterocycles. The maximum atomic E-state index is 12.9. The van der Waals surface area contributed by atoms with Crippen LogP contribution < -0.4 is 16.7 Å². The molecule has 0 bridgehead atoms. The molecule has 3 rings (SSSR count). The summed E-state index contributed by atoms with van der Waals surface area (Å²) in [5.41, 5.74) is 7.47. The number of fused-ring (bicyclic) bond motifs is 1. The van der Waals surface area contributed by atoms with Gasteiger partial charge in [-0.25, -0.2) is 4.79 Å². The van der Waals surface area contributed by atoms with Crippen molar-refractivity contribution in [2.45, 2.75) is 25.3 Å². The van der Waals surface area contributed by atoms with Gasteiger partial charge >= 0.3 is 5.69 Å². The predicted molar refractivity (Wildman–Crippen MR) is 154 cm³/mol. The van der Waals surface area contributed by atoms with Gasteiger partial charge in [-0.1, -0.05) is 6.07 Å². The molecule has 14 heteroatoms. The Morgan fingerprint density at radius 3 is 1.80 bits per heavy atom. The molecule has 232 valence electrons. The van der Waals surface area contributed by atoms with E-state index in [9.17, 15) is 14.4 Å². The van der Waals surface area contributed by atoms with E-state index < -0.39 is 11.9 Å². The lowest BCUT2D eigenvalue weighted by Crippen LogP contribution is -2.44. The Hall–Kier alpha value is -2.36. The summed E-state index contributed by atoms with van der Waals surface area (Å²) in [4.78, 5) is 36.7. The quantitative estimate of drug-likeness (QED) is 0.151. The number of ether oxygens (including phenoxy) is 6. The van der Waals surface area contributed by atoms with E-state index in [0.717, 1.165) is 11.1 Å². The Bertz CT molecular complexity index is 1120. The van der Waals surface area contributed by atoms with E-state index >= 15 is 0 Å². The van der Waals surface area contributed by atoms with Gasteiger partial charge in [0.1, 0.15) is 6.04 Å². The molecule has 13 nitrogen and oxygen atoms in total. The zero-order valence-electron chi connectivity index (χ0n) is 23.7. The summed E-state index contributed by atoms with van der Waals surface area (Å²) < 4.78 is 35.7. The number of nitrogens with two attached hydrogens (primary N) is 1. The number of halogens is 1. The smallest absolute Gasteiger partial charge is 0.329 e. The molecule has 1 fully saturated rings. The van der Waals surface area contributed by atoms with Crippen molar-refractivity contribution < 1.29 is 38.0 Å². The molecule has 3 N–H and O–H groups in total. The van der Waals surface area contributed by atoms with Gasteiger partial charge in [0.15, 0.2) is 0 Å². The van der Waals surface area contributed by atoms with Gasteiger partial charge in [-0.05, 0) is 30.5 Å². The van der Waals surface area contributed by atoms with Gasteiger partial charge in [0.2, 0.25) is 11.8 Å². The standard InChI is InChI=1S/C27H42N4O9.ClH/c1-30-24-20-21(2-3-22(24)31(27(30)34)23-4-5-25(32)29-26(23)33)6-8-35-10-12-37-14-16-39-18-19-40-17-15-38-13-11-36-9-7-28;/h2-3,20,23H,4-19,28H2,1H3,(H,29,32,33);1H. The Balaban J connectivity index is 0.00000588. The number of rotatable bonds is 21. The zero-order chi connectivity index (χ0) is 28.6. The molecule has 0 spiro atoms. The van der Waals surface area contributed by atoms with Crippen LogP contribution in [0, 0.1) is 0 Å². The van der Waals surface area contributed by atoms with E-state index in [1.807, 2.05) is 18.2 Å². The van der Waals surface area contributed by atoms with E-state index in [0.29, 0.717) is 104 Å². The van der Waals surface area contributed by atoms with E-state index in [2.05, 4.69) is 5.32 Å². The third-order valence-electron chi connectivity index (χ3n) is 6.33. The fourth-order valence-electron chi connectivity index (χ4n) is 4.27. The van der Waals surface area contributed by atoms with Crippen LogP contribution in [0.5, 0.6) is 0 Å².